The van der Waals surface area contributed by atoms with Gasteiger partial charge in [0.2, 0.25) is 10.0 Å². The van der Waals surface area contributed by atoms with Gasteiger partial charge in [0.1, 0.15) is 0 Å². The van der Waals surface area contributed by atoms with Gasteiger partial charge in [-0.2, -0.15) is 0 Å². The summed E-state index contributed by atoms with van der Waals surface area (Å²) < 4.78 is 30.2. The molecule has 0 aliphatic rings. The lowest BCUT2D eigenvalue weighted by molar-refractivity contribution is 0.419. The number of hydrogen-bond donors (Lipinski definition) is 2. The lowest BCUT2D eigenvalue weighted by Crippen LogP contribution is -2.12. The number of hydrogen-bond acceptors (Lipinski definition) is 4. The number of methoxy groups -OCH3 is 1. The Hall–Kier alpha value is -1.43. The molecule has 0 fully saturated rings. The molecule has 0 saturated heterocycles. The molecule has 0 amide bonds. The maximum atomic E-state index is 11.3. The van der Waals surface area contributed by atoms with E-state index in [0.29, 0.717) is 23.0 Å². The van der Waals surface area contributed by atoms with Gasteiger partial charge in [-0.25, -0.2) is 8.42 Å². The fraction of sp³-hybridized carbons (Fsp3) is 0.500. The Balaban J connectivity index is 3.32. The maximum Gasteiger partial charge on any atom is 0.229 e. The summed E-state index contributed by atoms with van der Waals surface area (Å²) in [6.07, 6.45) is 2.04. The molecule has 0 bridgehead atoms. The summed E-state index contributed by atoms with van der Waals surface area (Å²) in [5.74, 6) is 0.658. The third kappa shape index (κ3) is 3.53. The second-order valence-electron chi connectivity index (χ2n) is 4.37. The van der Waals surface area contributed by atoms with Crippen molar-refractivity contribution in [1.82, 2.24) is 0 Å². The monoisotopic (exact) mass is 272 g/mol. The highest BCUT2D eigenvalue weighted by atomic mass is 32.2. The van der Waals surface area contributed by atoms with Crippen LogP contribution in [-0.2, 0) is 10.0 Å². The zero-order valence-corrected chi connectivity index (χ0v) is 12.0. The minimum Gasteiger partial charge on any atom is -0.492 e. The number of nitrogen functional groups attached to an aromatic ring is 1. The Morgan fingerprint density at radius 1 is 1.44 bits per heavy atom. The van der Waals surface area contributed by atoms with E-state index in [4.69, 9.17) is 10.5 Å². The van der Waals surface area contributed by atoms with Gasteiger partial charge in [-0.05, 0) is 30.0 Å². The predicted octanol–water partition coefficient (Wildman–Crippen LogP) is 2.16. The van der Waals surface area contributed by atoms with Gasteiger partial charge in [-0.15, -0.1) is 0 Å². The number of anilines is 2. The molecule has 1 unspecified atom stereocenters. The van der Waals surface area contributed by atoms with E-state index < -0.39 is 10.0 Å². The van der Waals surface area contributed by atoms with Crippen LogP contribution in [0.25, 0.3) is 0 Å². The minimum absolute atomic E-state index is 0.304. The SMILES string of the molecule is CCC(C)c1cc(N)c(OC)c(NS(C)(=O)=O)c1. The number of rotatable bonds is 5. The molecule has 1 aromatic rings. The van der Waals surface area contributed by atoms with Crippen molar-refractivity contribution in [3.05, 3.63) is 17.7 Å². The van der Waals surface area contributed by atoms with E-state index in [-0.39, 0.29) is 0 Å². The van der Waals surface area contributed by atoms with E-state index in [2.05, 4.69) is 18.6 Å². The van der Waals surface area contributed by atoms with Crippen molar-refractivity contribution in [3.63, 3.8) is 0 Å². The molecule has 1 rings (SSSR count). The van der Waals surface area contributed by atoms with E-state index >= 15 is 0 Å². The van der Waals surface area contributed by atoms with Crippen molar-refractivity contribution in [2.45, 2.75) is 26.2 Å². The van der Waals surface area contributed by atoms with Crippen LogP contribution in [0.3, 0.4) is 0 Å². The molecule has 18 heavy (non-hydrogen) atoms. The second-order valence-corrected chi connectivity index (χ2v) is 6.12. The lowest BCUT2D eigenvalue weighted by Gasteiger charge is -2.17. The van der Waals surface area contributed by atoms with E-state index in [1.54, 1.807) is 6.07 Å². The van der Waals surface area contributed by atoms with Gasteiger partial charge in [0.25, 0.3) is 0 Å². The highest BCUT2D eigenvalue weighted by molar-refractivity contribution is 7.92. The maximum absolute atomic E-state index is 11.3. The average Bonchev–Trinajstić information content (AvgIpc) is 2.25. The molecule has 0 spiro atoms. The quantitative estimate of drug-likeness (QED) is 0.805. The van der Waals surface area contributed by atoms with Crippen molar-refractivity contribution >= 4 is 21.4 Å². The molecule has 102 valence electrons. The smallest absolute Gasteiger partial charge is 0.229 e. The molecule has 0 saturated carbocycles. The van der Waals surface area contributed by atoms with Gasteiger partial charge in [-0.1, -0.05) is 13.8 Å². The molecule has 0 aliphatic heterocycles. The van der Waals surface area contributed by atoms with Gasteiger partial charge in [0.05, 0.1) is 24.7 Å². The Kier molecular flexibility index (Phi) is 4.45. The molecule has 6 heteroatoms. The normalized spacial score (nSPS) is 13.1. The van der Waals surface area contributed by atoms with Crippen molar-refractivity contribution in [2.75, 3.05) is 23.8 Å². The first kappa shape index (κ1) is 14.6. The summed E-state index contributed by atoms with van der Waals surface area (Å²) in [6.45, 7) is 4.13. The molecule has 0 radical (unpaired) electrons. The molecule has 0 heterocycles. The largest absolute Gasteiger partial charge is 0.492 e. The van der Waals surface area contributed by atoms with Crippen LogP contribution in [0.15, 0.2) is 12.1 Å². The van der Waals surface area contributed by atoms with Gasteiger partial charge < -0.3 is 10.5 Å². The van der Waals surface area contributed by atoms with Crippen molar-refractivity contribution in [3.8, 4) is 5.75 Å². The second kappa shape index (κ2) is 5.48. The fourth-order valence-electron chi connectivity index (χ4n) is 1.70. The zero-order valence-electron chi connectivity index (χ0n) is 11.1. The number of ether oxygens (including phenoxy) is 1. The third-order valence-corrected chi connectivity index (χ3v) is 3.41. The fourth-order valence-corrected chi connectivity index (χ4v) is 2.25. The van der Waals surface area contributed by atoms with Gasteiger partial charge in [0, 0.05) is 0 Å². The van der Waals surface area contributed by atoms with Crippen LogP contribution >= 0.6 is 0 Å². The van der Waals surface area contributed by atoms with Gasteiger partial charge >= 0.3 is 0 Å². The zero-order chi connectivity index (χ0) is 13.9. The highest BCUT2D eigenvalue weighted by Gasteiger charge is 2.15. The first-order valence-corrected chi connectivity index (χ1v) is 7.62. The van der Waals surface area contributed by atoms with Crippen molar-refractivity contribution < 1.29 is 13.2 Å². The summed E-state index contributed by atoms with van der Waals surface area (Å²) in [4.78, 5) is 0. The lowest BCUT2D eigenvalue weighted by atomic mass is 9.97. The van der Waals surface area contributed by atoms with Crippen LogP contribution < -0.4 is 15.2 Å². The molecule has 1 aromatic carbocycles. The molecule has 5 nitrogen and oxygen atoms in total. The van der Waals surface area contributed by atoms with E-state index in [9.17, 15) is 8.42 Å². The Morgan fingerprint density at radius 2 is 2.06 bits per heavy atom. The van der Waals surface area contributed by atoms with Gasteiger partial charge in [0.15, 0.2) is 5.75 Å². The highest BCUT2D eigenvalue weighted by Crippen LogP contribution is 2.36. The molecule has 3 N–H and O–H groups in total. The van der Waals surface area contributed by atoms with E-state index in [0.717, 1.165) is 18.2 Å². The van der Waals surface area contributed by atoms with Crippen LogP contribution in [0, 0.1) is 0 Å². The van der Waals surface area contributed by atoms with Crippen LogP contribution in [0.2, 0.25) is 0 Å². The molecule has 1 atom stereocenters. The Morgan fingerprint density at radius 3 is 2.50 bits per heavy atom. The van der Waals surface area contributed by atoms with Crippen LogP contribution in [0.4, 0.5) is 11.4 Å². The topological polar surface area (TPSA) is 81.4 Å². The van der Waals surface area contributed by atoms with Crippen molar-refractivity contribution in [1.29, 1.82) is 0 Å². The standard InChI is InChI=1S/C12H20N2O3S/c1-5-8(2)9-6-10(13)12(17-3)11(7-9)14-18(4,15)16/h6-8,14H,5,13H2,1-4H3. The molecular weight excluding hydrogens is 252 g/mol. The number of sulfonamides is 1. The van der Waals surface area contributed by atoms with Crippen molar-refractivity contribution in [2.24, 2.45) is 0 Å². The average molecular weight is 272 g/mol. The minimum atomic E-state index is -3.36. The van der Waals surface area contributed by atoms with Gasteiger partial charge in [-0.3, -0.25) is 4.72 Å². The van der Waals surface area contributed by atoms with E-state index in [1.807, 2.05) is 6.07 Å². The summed E-state index contributed by atoms with van der Waals surface area (Å²) in [6, 6.07) is 3.59. The summed E-state index contributed by atoms with van der Waals surface area (Å²) in [5.41, 5.74) is 7.69. The molecule has 0 aromatic heterocycles. The Bertz CT molecular complexity index is 526. The Labute approximate surface area is 108 Å². The summed E-state index contributed by atoms with van der Waals surface area (Å²) in [5, 5.41) is 0. The molecule has 0 aliphatic carbocycles. The van der Waals surface area contributed by atoms with Crippen LogP contribution in [-0.4, -0.2) is 21.8 Å². The van der Waals surface area contributed by atoms with Crippen LogP contribution in [0.5, 0.6) is 5.75 Å². The molecular formula is C12H20N2O3S. The summed E-state index contributed by atoms with van der Waals surface area (Å²) >= 11 is 0. The summed E-state index contributed by atoms with van der Waals surface area (Å²) in [7, 11) is -1.90. The predicted molar refractivity (Wildman–Crippen MR) is 74.6 cm³/mol. The van der Waals surface area contributed by atoms with E-state index in [1.165, 1.54) is 7.11 Å². The first-order valence-electron chi connectivity index (χ1n) is 5.73. The third-order valence-electron chi connectivity index (χ3n) is 2.82. The number of nitrogens with two attached hydrogens (primary N) is 1. The first-order chi connectivity index (χ1) is 8.28. The van der Waals surface area contributed by atoms with Crippen LogP contribution in [0.1, 0.15) is 31.7 Å². The number of benzene rings is 1. The number of nitrogens with one attached hydrogen (secondary N) is 1.